The van der Waals surface area contributed by atoms with Gasteiger partial charge in [0.15, 0.2) is 11.6 Å². The lowest BCUT2D eigenvalue weighted by atomic mass is 10.2. The molecule has 0 spiro atoms. The first-order chi connectivity index (χ1) is 15.3. The predicted molar refractivity (Wildman–Crippen MR) is 119 cm³/mol. The lowest BCUT2D eigenvalue weighted by Gasteiger charge is -2.35. The zero-order chi connectivity index (χ0) is 21.0. The molecular weight excluding hydrogens is 392 g/mol. The summed E-state index contributed by atoms with van der Waals surface area (Å²) >= 11 is 0. The standard InChI is InChI=1S/C22H26N8O/c1-31-21-14-23-15-24-22(21)29-11-9-27(10-12-29)6-2-7-28-8-5-18-3-4-19(13-20(18)28)30-16-25-26-17-30/h3-5,8,13-17H,2,6-7,9-12H2,1H3. The molecule has 0 N–H and O–H groups in total. The molecular formula is C22H26N8O. The van der Waals surface area contributed by atoms with Gasteiger partial charge in [-0.3, -0.25) is 9.47 Å². The molecule has 1 saturated heterocycles. The van der Waals surface area contributed by atoms with Gasteiger partial charge in [-0.2, -0.15) is 0 Å². The molecule has 0 amide bonds. The maximum Gasteiger partial charge on any atom is 0.179 e. The van der Waals surface area contributed by atoms with E-state index >= 15 is 0 Å². The highest BCUT2D eigenvalue weighted by Gasteiger charge is 2.20. The van der Waals surface area contributed by atoms with Crippen molar-refractivity contribution in [2.45, 2.75) is 13.0 Å². The van der Waals surface area contributed by atoms with Crippen molar-refractivity contribution < 1.29 is 4.74 Å². The summed E-state index contributed by atoms with van der Waals surface area (Å²) in [6, 6.07) is 8.63. The van der Waals surface area contributed by atoms with Crippen LogP contribution in [0.25, 0.3) is 16.6 Å². The number of aromatic nitrogens is 6. The summed E-state index contributed by atoms with van der Waals surface area (Å²) in [6.07, 6.45) is 10.1. The van der Waals surface area contributed by atoms with Gasteiger partial charge in [0, 0.05) is 38.9 Å². The number of rotatable bonds is 7. The van der Waals surface area contributed by atoms with Crippen LogP contribution in [-0.4, -0.2) is 74.0 Å². The van der Waals surface area contributed by atoms with Gasteiger partial charge in [0.05, 0.1) is 24.5 Å². The molecule has 31 heavy (non-hydrogen) atoms. The van der Waals surface area contributed by atoms with Gasteiger partial charge in [0.25, 0.3) is 0 Å². The summed E-state index contributed by atoms with van der Waals surface area (Å²) in [5.74, 6) is 1.63. The molecule has 9 nitrogen and oxygen atoms in total. The number of aryl methyl sites for hydroxylation is 1. The van der Waals surface area contributed by atoms with E-state index in [1.54, 1.807) is 32.3 Å². The molecule has 0 unspecified atom stereocenters. The van der Waals surface area contributed by atoms with Crippen LogP contribution in [0.5, 0.6) is 5.75 Å². The van der Waals surface area contributed by atoms with E-state index in [-0.39, 0.29) is 0 Å². The fourth-order valence-corrected chi connectivity index (χ4v) is 4.20. The Bertz CT molecular complexity index is 1130. The number of ether oxygens (including phenoxy) is 1. The molecule has 9 heteroatoms. The highest BCUT2D eigenvalue weighted by Crippen LogP contribution is 2.25. The van der Waals surface area contributed by atoms with Crippen molar-refractivity contribution in [3.63, 3.8) is 0 Å². The lowest BCUT2D eigenvalue weighted by Crippen LogP contribution is -2.47. The van der Waals surface area contributed by atoms with Gasteiger partial charge in [-0.15, -0.1) is 10.2 Å². The average Bonchev–Trinajstić information content (AvgIpc) is 3.50. The number of benzene rings is 1. The van der Waals surface area contributed by atoms with E-state index in [0.29, 0.717) is 0 Å². The molecule has 1 aliphatic heterocycles. The number of piperazine rings is 1. The monoisotopic (exact) mass is 418 g/mol. The molecule has 0 bridgehead atoms. The van der Waals surface area contributed by atoms with E-state index < -0.39 is 0 Å². The van der Waals surface area contributed by atoms with Crippen molar-refractivity contribution in [3.05, 3.63) is 55.6 Å². The zero-order valence-electron chi connectivity index (χ0n) is 17.6. The SMILES string of the molecule is COc1cncnc1N1CCN(CCCn2ccc3ccc(-n4cnnc4)cc32)CC1. The maximum atomic E-state index is 5.41. The Kier molecular flexibility index (Phi) is 5.49. The first-order valence-electron chi connectivity index (χ1n) is 10.6. The highest BCUT2D eigenvalue weighted by atomic mass is 16.5. The summed E-state index contributed by atoms with van der Waals surface area (Å²) in [4.78, 5) is 13.3. The van der Waals surface area contributed by atoms with Crippen molar-refractivity contribution in [2.75, 3.05) is 44.7 Å². The van der Waals surface area contributed by atoms with Crippen LogP contribution in [0.2, 0.25) is 0 Å². The average molecular weight is 419 g/mol. The summed E-state index contributed by atoms with van der Waals surface area (Å²) in [6.45, 7) is 6.02. The third-order valence-electron chi connectivity index (χ3n) is 5.90. The van der Waals surface area contributed by atoms with Crippen molar-refractivity contribution >= 4 is 16.7 Å². The number of methoxy groups -OCH3 is 1. The molecule has 3 aromatic heterocycles. The topological polar surface area (TPSA) is 77.1 Å². The molecule has 4 heterocycles. The smallest absolute Gasteiger partial charge is 0.179 e. The van der Waals surface area contributed by atoms with Crippen LogP contribution < -0.4 is 9.64 Å². The van der Waals surface area contributed by atoms with E-state index in [4.69, 9.17) is 4.74 Å². The minimum atomic E-state index is 0.737. The first-order valence-corrected chi connectivity index (χ1v) is 10.6. The molecule has 5 rings (SSSR count). The Balaban J connectivity index is 1.17. The summed E-state index contributed by atoms with van der Waals surface area (Å²) in [5.41, 5.74) is 2.32. The quantitative estimate of drug-likeness (QED) is 0.455. The van der Waals surface area contributed by atoms with E-state index in [9.17, 15) is 0 Å². The summed E-state index contributed by atoms with van der Waals surface area (Å²) < 4.78 is 9.68. The number of hydrogen-bond donors (Lipinski definition) is 0. The fraction of sp³-hybridized carbons (Fsp3) is 0.364. The normalized spacial score (nSPS) is 14.9. The number of nitrogens with zero attached hydrogens (tertiary/aromatic N) is 8. The van der Waals surface area contributed by atoms with Crippen molar-refractivity contribution in [1.82, 2.24) is 34.2 Å². The van der Waals surface area contributed by atoms with Crippen LogP contribution in [0.15, 0.2) is 55.6 Å². The van der Waals surface area contributed by atoms with Gasteiger partial charge in [-0.25, -0.2) is 9.97 Å². The predicted octanol–water partition coefficient (Wildman–Crippen LogP) is 2.23. The second-order valence-electron chi connectivity index (χ2n) is 7.72. The Morgan fingerprint density at radius 3 is 2.65 bits per heavy atom. The minimum Gasteiger partial charge on any atom is -0.491 e. The van der Waals surface area contributed by atoms with Gasteiger partial charge < -0.3 is 14.2 Å². The second kappa shape index (κ2) is 8.73. The number of hydrogen-bond acceptors (Lipinski definition) is 7. The van der Waals surface area contributed by atoms with Gasteiger partial charge in [-0.1, -0.05) is 6.07 Å². The van der Waals surface area contributed by atoms with Gasteiger partial charge in [0.1, 0.15) is 19.0 Å². The lowest BCUT2D eigenvalue weighted by molar-refractivity contribution is 0.249. The van der Waals surface area contributed by atoms with Crippen LogP contribution in [0.4, 0.5) is 5.82 Å². The molecule has 4 aromatic rings. The molecule has 1 aliphatic rings. The summed E-state index contributed by atoms with van der Waals surface area (Å²) in [5, 5.41) is 9.07. The zero-order valence-corrected chi connectivity index (χ0v) is 17.6. The molecule has 160 valence electrons. The van der Waals surface area contributed by atoms with Crippen molar-refractivity contribution in [2.24, 2.45) is 0 Å². The van der Waals surface area contributed by atoms with Crippen molar-refractivity contribution in [3.8, 4) is 11.4 Å². The van der Waals surface area contributed by atoms with Gasteiger partial charge in [0.2, 0.25) is 0 Å². The Labute approximate surface area is 180 Å². The van der Waals surface area contributed by atoms with E-state index in [1.807, 2.05) is 4.57 Å². The van der Waals surface area contributed by atoms with Gasteiger partial charge in [-0.05, 0) is 36.6 Å². The number of fused-ring (bicyclic) bond motifs is 1. The van der Waals surface area contributed by atoms with Crippen LogP contribution in [0.3, 0.4) is 0 Å². The minimum absolute atomic E-state index is 0.737. The van der Waals surface area contributed by atoms with E-state index in [0.717, 1.165) is 62.9 Å². The van der Waals surface area contributed by atoms with Crippen LogP contribution in [0, 0.1) is 0 Å². The van der Waals surface area contributed by atoms with Crippen LogP contribution in [0.1, 0.15) is 6.42 Å². The maximum absolute atomic E-state index is 5.41. The molecule has 0 atom stereocenters. The largest absolute Gasteiger partial charge is 0.491 e. The Morgan fingerprint density at radius 1 is 1.00 bits per heavy atom. The molecule has 0 saturated carbocycles. The Hall–Kier alpha value is -3.46. The number of anilines is 1. The van der Waals surface area contributed by atoms with E-state index in [1.165, 1.54) is 10.9 Å². The molecule has 1 aromatic carbocycles. The first kappa shape index (κ1) is 19.5. The fourth-order valence-electron chi connectivity index (χ4n) is 4.20. The van der Waals surface area contributed by atoms with Crippen LogP contribution in [-0.2, 0) is 6.54 Å². The molecule has 0 radical (unpaired) electrons. The molecule has 0 aliphatic carbocycles. The van der Waals surface area contributed by atoms with E-state index in [2.05, 4.69) is 65.0 Å². The Morgan fingerprint density at radius 2 is 1.84 bits per heavy atom. The third kappa shape index (κ3) is 4.09. The third-order valence-corrected chi connectivity index (χ3v) is 5.90. The van der Waals surface area contributed by atoms with Crippen molar-refractivity contribution in [1.29, 1.82) is 0 Å². The van der Waals surface area contributed by atoms with Gasteiger partial charge >= 0.3 is 0 Å². The molecule has 1 fully saturated rings. The summed E-state index contributed by atoms with van der Waals surface area (Å²) in [7, 11) is 1.67. The highest BCUT2D eigenvalue weighted by molar-refractivity contribution is 5.82. The second-order valence-corrected chi connectivity index (χ2v) is 7.72. The van der Waals surface area contributed by atoms with Crippen LogP contribution >= 0.6 is 0 Å².